The van der Waals surface area contributed by atoms with E-state index in [-0.39, 0.29) is 16.8 Å². The van der Waals surface area contributed by atoms with Crippen molar-refractivity contribution in [1.82, 2.24) is 19.9 Å². The summed E-state index contributed by atoms with van der Waals surface area (Å²) in [5.41, 5.74) is 7.11. The Morgan fingerprint density at radius 3 is 2.58 bits per heavy atom. The molecular weight excluding hydrogens is 374 g/mol. The largest absolute Gasteiger partial charge is 0.368 e. The third-order valence-corrected chi connectivity index (χ3v) is 5.67. The van der Waals surface area contributed by atoms with E-state index in [2.05, 4.69) is 30.6 Å². The molecule has 0 saturated heterocycles. The lowest BCUT2D eigenvalue weighted by molar-refractivity contribution is 0.602. The number of thiazole rings is 1. The van der Waals surface area contributed by atoms with Gasteiger partial charge < -0.3 is 16.4 Å². The topological polar surface area (TPSA) is 136 Å². The van der Waals surface area contributed by atoms with Crippen molar-refractivity contribution in [3.8, 4) is 10.7 Å². The summed E-state index contributed by atoms with van der Waals surface area (Å²) in [4.78, 5) is 18.0. The van der Waals surface area contributed by atoms with Crippen LogP contribution in [0.5, 0.6) is 0 Å². The molecule has 0 amide bonds. The Morgan fingerprint density at radius 1 is 1.15 bits per heavy atom. The number of hydrogen-bond donors (Lipinski definition) is 3. The van der Waals surface area contributed by atoms with Gasteiger partial charge in [-0.2, -0.15) is 15.0 Å². The first-order chi connectivity index (χ1) is 12.3. The van der Waals surface area contributed by atoms with E-state index in [1.807, 2.05) is 6.92 Å². The fourth-order valence-corrected chi connectivity index (χ4v) is 3.71. The summed E-state index contributed by atoms with van der Waals surface area (Å²) in [5.74, 6) is 0.670. The second kappa shape index (κ2) is 6.84. The molecule has 26 heavy (non-hydrogen) atoms. The smallest absolute Gasteiger partial charge is 0.232 e. The van der Waals surface area contributed by atoms with Crippen LogP contribution in [0, 0.1) is 6.92 Å². The minimum absolute atomic E-state index is 0.0515. The van der Waals surface area contributed by atoms with Crippen molar-refractivity contribution >= 4 is 43.9 Å². The number of rotatable bonds is 5. The maximum absolute atomic E-state index is 11.7. The number of sulfone groups is 1. The SMILES string of the molecule is CNc1nc(C)c(-c2nc(N)nc(Nc3cccc(S(C)(=O)=O)c3)n2)s1. The number of aromatic nitrogens is 4. The fourth-order valence-electron chi connectivity index (χ4n) is 2.19. The van der Waals surface area contributed by atoms with Crippen molar-refractivity contribution in [2.45, 2.75) is 11.8 Å². The molecule has 0 radical (unpaired) electrons. The van der Waals surface area contributed by atoms with E-state index >= 15 is 0 Å². The first-order valence-corrected chi connectivity index (χ1v) is 10.2. The van der Waals surface area contributed by atoms with E-state index < -0.39 is 9.84 Å². The number of aryl methyl sites for hydroxylation is 1. The Hall–Kier alpha value is -2.79. The highest BCUT2D eigenvalue weighted by Crippen LogP contribution is 2.31. The second-order valence-electron chi connectivity index (χ2n) is 5.45. The Balaban J connectivity index is 1.97. The van der Waals surface area contributed by atoms with Crippen LogP contribution in [0.15, 0.2) is 29.2 Å². The molecule has 4 N–H and O–H groups in total. The van der Waals surface area contributed by atoms with Gasteiger partial charge in [-0.05, 0) is 25.1 Å². The predicted molar refractivity (Wildman–Crippen MR) is 102 cm³/mol. The van der Waals surface area contributed by atoms with Gasteiger partial charge in [0.2, 0.25) is 11.9 Å². The quantitative estimate of drug-likeness (QED) is 0.597. The van der Waals surface area contributed by atoms with Crippen LogP contribution in [0.25, 0.3) is 10.7 Å². The monoisotopic (exact) mass is 391 g/mol. The third kappa shape index (κ3) is 3.89. The molecule has 3 rings (SSSR count). The van der Waals surface area contributed by atoms with Gasteiger partial charge in [-0.1, -0.05) is 17.4 Å². The number of anilines is 4. The molecule has 0 fully saturated rings. The standard InChI is InChI=1S/C15H17N7O2S2/c1-8-11(25-15(17-2)18-8)12-20-13(16)22-14(21-12)19-9-5-4-6-10(7-9)26(3,23)24/h4-7H,1-3H3,(H,17,18)(H3,16,19,20,21,22). The van der Waals surface area contributed by atoms with E-state index in [0.29, 0.717) is 11.5 Å². The molecular formula is C15H17N7O2S2. The molecule has 0 bridgehead atoms. The van der Waals surface area contributed by atoms with E-state index in [0.717, 1.165) is 22.0 Å². The zero-order chi connectivity index (χ0) is 18.9. The number of nitrogens with one attached hydrogen (secondary N) is 2. The van der Waals surface area contributed by atoms with Gasteiger partial charge in [0.15, 0.2) is 20.8 Å². The van der Waals surface area contributed by atoms with Crippen molar-refractivity contribution in [2.24, 2.45) is 0 Å². The summed E-state index contributed by atoms with van der Waals surface area (Å²) in [6.07, 6.45) is 1.15. The summed E-state index contributed by atoms with van der Waals surface area (Å²) in [5, 5.41) is 6.69. The molecule has 2 aromatic heterocycles. The molecule has 1 aromatic carbocycles. The predicted octanol–water partition coefficient (Wildman–Crippen LogP) is 2.07. The van der Waals surface area contributed by atoms with Gasteiger partial charge >= 0.3 is 0 Å². The fraction of sp³-hybridized carbons (Fsp3) is 0.200. The van der Waals surface area contributed by atoms with E-state index in [1.54, 1.807) is 19.2 Å². The molecule has 0 aliphatic carbocycles. The average Bonchev–Trinajstić information content (AvgIpc) is 2.95. The molecule has 0 saturated carbocycles. The van der Waals surface area contributed by atoms with Gasteiger partial charge in [0, 0.05) is 19.0 Å². The van der Waals surface area contributed by atoms with Crippen molar-refractivity contribution in [3.05, 3.63) is 30.0 Å². The molecule has 0 atom stereocenters. The zero-order valence-corrected chi connectivity index (χ0v) is 15.9. The highest BCUT2D eigenvalue weighted by Gasteiger charge is 2.15. The zero-order valence-electron chi connectivity index (χ0n) is 14.3. The number of hydrogen-bond acceptors (Lipinski definition) is 10. The molecule has 0 spiro atoms. The third-order valence-electron chi connectivity index (χ3n) is 3.38. The van der Waals surface area contributed by atoms with Crippen LogP contribution < -0.4 is 16.4 Å². The molecule has 2 heterocycles. The first-order valence-electron chi connectivity index (χ1n) is 7.50. The molecule has 3 aromatic rings. The average molecular weight is 391 g/mol. The van der Waals surface area contributed by atoms with Crippen molar-refractivity contribution in [2.75, 3.05) is 29.7 Å². The van der Waals surface area contributed by atoms with Crippen LogP contribution >= 0.6 is 11.3 Å². The summed E-state index contributed by atoms with van der Waals surface area (Å²) >= 11 is 1.40. The molecule has 0 unspecified atom stereocenters. The van der Waals surface area contributed by atoms with Crippen LogP contribution in [0.2, 0.25) is 0 Å². The van der Waals surface area contributed by atoms with Crippen LogP contribution in [-0.2, 0) is 9.84 Å². The molecule has 136 valence electrons. The maximum Gasteiger partial charge on any atom is 0.232 e. The molecule has 11 heteroatoms. The minimum Gasteiger partial charge on any atom is -0.368 e. The van der Waals surface area contributed by atoms with Gasteiger partial charge in [-0.15, -0.1) is 0 Å². The first kappa shape index (κ1) is 18.0. The maximum atomic E-state index is 11.7. The van der Waals surface area contributed by atoms with Crippen LogP contribution in [-0.4, -0.2) is 41.7 Å². The van der Waals surface area contributed by atoms with Crippen molar-refractivity contribution in [3.63, 3.8) is 0 Å². The number of benzene rings is 1. The number of nitrogens with zero attached hydrogens (tertiary/aromatic N) is 4. The molecule has 9 nitrogen and oxygen atoms in total. The van der Waals surface area contributed by atoms with Crippen molar-refractivity contribution in [1.29, 1.82) is 0 Å². The van der Waals surface area contributed by atoms with E-state index in [9.17, 15) is 8.42 Å². The summed E-state index contributed by atoms with van der Waals surface area (Å²) in [6.45, 7) is 1.86. The van der Waals surface area contributed by atoms with Crippen LogP contribution in [0.3, 0.4) is 0 Å². The lowest BCUT2D eigenvalue weighted by atomic mass is 10.3. The van der Waals surface area contributed by atoms with Crippen LogP contribution in [0.1, 0.15) is 5.69 Å². The number of nitrogens with two attached hydrogens (primary N) is 1. The second-order valence-corrected chi connectivity index (χ2v) is 8.46. The van der Waals surface area contributed by atoms with E-state index in [1.165, 1.54) is 23.5 Å². The van der Waals surface area contributed by atoms with Crippen LogP contribution in [0.4, 0.5) is 22.7 Å². The minimum atomic E-state index is -3.31. The molecule has 0 aliphatic rings. The summed E-state index contributed by atoms with van der Waals surface area (Å²) < 4.78 is 23.4. The Morgan fingerprint density at radius 2 is 1.92 bits per heavy atom. The van der Waals surface area contributed by atoms with E-state index in [4.69, 9.17) is 5.73 Å². The lowest BCUT2D eigenvalue weighted by Crippen LogP contribution is -2.05. The number of nitrogen functional groups attached to an aromatic ring is 1. The molecule has 0 aliphatic heterocycles. The highest BCUT2D eigenvalue weighted by atomic mass is 32.2. The van der Waals surface area contributed by atoms with Gasteiger partial charge in [0.05, 0.1) is 15.5 Å². The van der Waals surface area contributed by atoms with Gasteiger partial charge in [-0.25, -0.2) is 13.4 Å². The lowest BCUT2D eigenvalue weighted by Gasteiger charge is -2.08. The Labute approximate surface area is 154 Å². The summed E-state index contributed by atoms with van der Waals surface area (Å²) in [7, 11) is -1.53. The van der Waals surface area contributed by atoms with Gasteiger partial charge in [0.25, 0.3) is 0 Å². The Kier molecular flexibility index (Phi) is 4.74. The van der Waals surface area contributed by atoms with Crippen molar-refractivity contribution < 1.29 is 8.42 Å². The van der Waals surface area contributed by atoms with Gasteiger partial charge in [0.1, 0.15) is 0 Å². The van der Waals surface area contributed by atoms with Gasteiger partial charge in [-0.3, -0.25) is 0 Å². The normalized spacial score (nSPS) is 11.3. The highest BCUT2D eigenvalue weighted by molar-refractivity contribution is 7.90. The Bertz CT molecular complexity index is 1060. The summed E-state index contributed by atoms with van der Waals surface area (Å²) in [6, 6.07) is 6.38.